The van der Waals surface area contributed by atoms with Crippen LogP contribution in [0.15, 0.2) is 24.3 Å². The number of rotatable bonds is 2. The number of carboxylic acid groups (broad SMARTS) is 1. The highest BCUT2D eigenvalue weighted by molar-refractivity contribution is 5.98. The van der Waals surface area contributed by atoms with Crippen LogP contribution in [-0.2, 0) is 20.7 Å². The number of amides is 2. The van der Waals surface area contributed by atoms with Crippen LogP contribution in [0.1, 0.15) is 75.7 Å². The predicted molar refractivity (Wildman–Crippen MR) is 151 cm³/mol. The zero-order chi connectivity index (χ0) is 29.5. The predicted octanol–water partition coefficient (Wildman–Crippen LogP) is 4.37. The molecule has 1 saturated carbocycles. The first kappa shape index (κ1) is 28.8. The number of aldehydes is 1. The van der Waals surface area contributed by atoms with Crippen molar-refractivity contribution in [2.24, 2.45) is 17.3 Å². The molecule has 2 aromatic rings. The van der Waals surface area contributed by atoms with Crippen LogP contribution in [-0.4, -0.2) is 70.1 Å². The minimum atomic E-state index is -1.15. The molecule has 6 atom stereocenters. The van der Waals surface area contributed by atoms with E-state index in [1.807, 2.05) is 45.0 Å². The first-order valence-corrected chi connectivity index (χ1v) is 14.5. The molecule has 2 fully saturated rings. The van der Waals surface area contributed by atoms with Crippen LogP contribution in [0.3, 0.4) is 0 Å². The van der Waals surface area contributed by atoms with E-state index in [0.717, 1.165) is 37.4 Å². The third kappa shape index (κ3) is 5.87. The van der Waals surface area contributed by atoms with Crippen molar-refractivity contribution in [2.45, 2.75) is 90.5 Å². The standard InChI is InChI=1S/C31H39N3O7/c1-17-19-10-6-5-7-12-21-22(16-35)20-11-8-9-13-23(20)32-27(21)40-18-14-24(29(37)38)34(15-18)28(36)26(31(2,3)4)33-30(39)41-25(17)19/h8-9,11,13,16-19,24-26H,5-7,10,12,14-15H2,1-4H3,(H,33,39)(H,37,38)/t17?,18-,19-,24+,25-,26-/m1/s1. The number of hydrogen-bond acceptors (Lipinski definition) is 7. The summed E-state index contributed by atoms with van der Waals surface area (Å²) in [6, 6.07) is 5.24. The Bertz CT molecular complexity index is 1350. The highest BCUT2D eigenvalue weighted by Gasteiger charge is 2.50. The minimum Gasteiger partial charge on any atom is -0.480 e. The lowest BCUT2D eigenvalue weighted by Gasteiger charge is -2.34. The molecule has 220 valence electrons. The Balaban J connectivity index is 1.52. The molecule has 3 aliphatic rings. The fourth-order valence-corrected chi connectivity index (χ4v) is 6.32. The van der Waals surface area contributed by atoms with Crippen molar-refractivity contribution in [1.29, 1.82) is 0 Å². The topological polar surface area (TPSA) is 135 Å². The van der Waals surface area contributed by atoms with E-state index >= 15 is 0 Å². The van der Waals surface area contributed by atoms with E-state index < -0.39 is 41.6 Å². The number of carbonyl (C=O) groups is 4. The van der Waals surface area contributed by atoms with E-state index in [4.69, 9.17) is 14.5 Å². The van der Waals surface area contributed by atoms with Gasteiger partial charge in [-0.3, -0.25) is 9.59 Å². The van der Waals surface area contributed by atoms with Crippen molar-refractivity contribution in [3.63, 3.8) is 0 Å². The molecule has 41 heavy (non-hydrogen) atoms. The molecule has 3 heterocycles. The van der Waals surface area contributed by atoms with Gasteiger partial charge in [-0.15, -0.1) is 0 Å². The number of alkyl carbamates (subject to hydrolysis) is 1. The summed E-state index contributed by atoms with van der Waals surface area (Å²) in [5.41, 5.74) is 1.14. The van der Waals surface area contributed by atoms with E-state index in [2.05, 4.69) is 12.2 Å². The van der Waals surface area contributed by atoms with Crippen molar-refractivity contribution in [3.8, 4) is 5.88 Å². The van der Waals surface area contributed by atoms with Crippen molar-refractivity contribution in [2.75, 3.05) is 6.54 Å². The summed E-state index contributed by atoms with van der Waals surface area (Å²) in [5, 5.41) is 13.5. The van der Waals surface area contributed by atoms with Crippen LogP contribution >= 0.6 is 0 Å². The van der Waals surface area contributed by atoms with Gasteiger partial charge in [0.25, 0.3) is 0 Å². The molecule has 2 amide bonds. The molecule has 2 aliphatic heterocycles. The summed E-state index contributed by atoms with van der Waals surface area (Å²) in [6.07, 6.45) is 3.53. The number of benzene rings is 1. The molecule has 2 bridgehead atoms. The van der Waals surface area contributed by atoms with Gasteiger partial charge in [-0.05, 0) is 36.7 Å². The highest BCUT2D eigenvalue weighted by atomic mass is 16.6. The lowest BCUT2D eigenvalue weighted by Crippen LogP contribution is -2.57. The molecule has 5 rings (SSSR count). The summed E-state index contributed by atoms with van der Waals surface area (Å²) in [6.45, 7) is 7.51. The van der Waals surface area contributed by atoms with E-state index in [1.165, 1.54) is 4.90 Å². The van der Waals surface area contributed by atoms with Crippen molar-refractivity contribution in [1.82, 2.24) is 15.2 Å². The van der Waals surface area contributed by atoms with Gasteiger partial charge in [0.05, 0.1) is 12.1 Å². The fourth-order valence-electron chi connectivity index (χ4n) is 6.32. The average Bonchev–Trinajstić information content (AvgIpc) is 3.30. The molecule has 2 N–H and O–H groups in total. The summed E-state index contributed by atoms with van der Waals surface area (Å²) >= 11 is 0. The van der Waals surface area contributed by atoms with Crippen LogP contribution in [0.25, 0.3) is 10.9 Å². The summed E-state index contributed by atoms with van der Waals surface area (Å²) in [4.78, 5) is 57.4. The van der Waals surface area contributed by atoms with Gasteiger partial charge in [0.2, 0.25) is 11.8 Å². The van der Waals surface area contributed by atoms with Crippen LogP contribution in [0, 0.1) is 17.3 Å². The summed E-state index contributed by atoms with van der Waals surface area (Å²) < 4.78 is 12.1. The summed E-state index contributed by atoms with van der Waals surface area (Å²) in [7, 11) is 0. The normalized spacial score (nSPS) is 29.2. The van der Waals surface area contributed by atoms with Gasteiger partial charge < -0.3 is 24.8 Å². The number of nitrogens with one attached hydrogen (secondary N) is 1. The fraction of sp³-hybridized carbons (Fsp3) is 0.581. The second-order valence-corrected chi connectivity index (χ2v) is 12.7. The lowest BCUT2D eigenvalue weighted by molar-refractivity contribution is -0.150. The molecule has 10 heteroatoms. The number of carbonyl (C=O) groups excluding carboxylic acids is 3. The smallest absolute Gasteiger partial charge is 0.408 e. The zero-order valence-electron chi connectivity index (χ0n) is 24.1. The first-order valence-electron chi connectivity index (χ1n) is 14.5. The first-order chi connectivity index (χ1) is 19.5. The largest absolute Gasteiger partial charge is 0.480 e. The summed E-state index contributed by atoms with van der Waals surface area (Å²) in [5.74, 6) is -0.866. The monoisotopic (exact) mass is 565 g/mol. The maximum Gasteiger partial charge on any atom is 0.408 e. The SMILES string of the molecule is CC1[C@H]2CCCCCc3c(nc4ccccc4c3C=O)O[C@@H]3C[C@@H](C(=O)O)N(C3)C(=O)[C@H](C(C)(C)C)NC(=O)O[C@H]12. The number of carboxylic acids is 1. The average molecular weight is 566 g/mol. The Kier molecular flexibility index (Phi) is 7.94. The van der Waals surface area contributed by atoms with Crippen LogP contribution < -0.4 is 10.1 Å². The third-order valence-corrected chi connectivity index (χ3v) is 8.78. The molecule has 0 radical (unpaired) electrons. The van der Waals surface area contributed by atoms with Crippen LogP contribution in [0.4, 0.5) is 4.79 Å². The van der Waals surface area contributed by atoms with Gasteiger partial charge in [-0.25, -0.2) is 14.6 Å². The molecule has 1 saturated heterocycles. The third-order valence-electron chi connectivity index (χ3n) is 8.78. The molecular weight excluding hydrogens is 526 g/mol. The second kappa shape index (κ2) is 11.3. The number of aromatic nitrogens is 1. The van der Waals surface area contributed by atoms with Crippen molar-refractivity contribution >= 4 is 35.2 Å². The molecular formula is C31H39N3O7. The van der Waals surface area contributed by atoms with E-state index in [1.54, 1.807) is 0 Å². The Morgan fingerprint density at radius 1 is 1.15 bits per heavy atom. The number of nitrogens with zero attached hydrogens (tertiary/aromatic N) is 2. The number of fused-ring (bicyclic) bond motifs is 5. The van der Waals surface area contributed by atoms with Crippen LogP contribution in [0.2, 0.25) is 0 Å². The second-order valence-electron chi connectivity index (χ2n) is 12.7. The van der Waals surface area contributed by atoms with Gasteiger partial charge in [-0.2, -0.15) is 0 Å². The van der Waals surface area contributed by atoms with Gasteiger partial charge in [-0.1, -0.05) is 58.7 Å². The Labute approximate surface area is 239 Å². The van der Waals surface area contributed by atoms with Gasteiger partial charge >= 0.3 is 12.1 Å². The molecule has 1 aromatic heterocycles. The minimum absolute atomic E-state index is 0.00517. The Morgan fingerprint density at radius 3 is 2.61 bits per heavy atom. The Morgan fingerprint density at radius 2 is 1.90 bits per heavy atom. The maximum atomic E-state index is 13.9. The molecule has 1 unspecified atom stereocenters. The molecule has 10 nitrogen and oxygen atoms in total. The van der Waals surface area contributed by atoms with Crippen molar-refractivity contribution in [3.05, 3.63) is 35.4 Å². The number of aliphatic carboxylic acids is 1. The zero-order valence-corrected chi connectivity index (χ0v) is 24.1. The number of ether oxygens (including phenoxy) is 2. The maximum absolute atomic E-state index is 13.9. The quantitative estimate of drug-likeness (QED) is 0.513. The molecule has 1 aliphatic carbocycles. The van der Waals surface area contributed by atoms with E-state index in [0.29, 0.717) is 28.9 Å². The molecule has 0 spiro atoms. The van der Waals surface area contributed by atoms with Gasteiger partial charge in [0.15, 0.2) is 6.29 Å². The van der Waals surface area contributed by atoms with Gasteiger partial charge in [0.1, 0.15) is 24.3 Å². The van der Waals surface area contributed by atoms with Crippen molar-refractivity contribution < 1.29 is 33.8 Å². The lowest BCUT2D eigenvalue weighted by atomic mass is 9.85. The van der Waals surface area contributed by atoms with E-state index in [-0.39, 0.29) is 30.9 Å². The number of pyridine rings is 1. The number of para-hydroxylation sites is 1. The number of hydrogen-bond donors (Lipinski definition) is 2. The highest BCUT2D eigenvalue weighted by Crippen LogP contribution is 2.45. The van der Waals surface area contributed by atoms with E-state index in [9.17, 15) is 24.3 Å². The Hall–Kier alpha value is -3.69. The molecule has 1 aromatic carbocycles. The van der Waals surface area contributed by atoms with Crippen LogP contribution in [0.5, 0.6) is 5.88 Å². The van der Waals surface area contributed by atoms with Gasteiger partial charge in [0, 0.05) is 28.9 Å².